The lowest BCUT2D eigenvalue weighted by atomic mass is 10.1. The highest BCUT2D eigenvalue weighted by Crippen LogP contribution is 2.40. The van der Waals surface area contributed by atoms with E-state index in [4.69, 9.17) is 0 Å². The van der Waals surface area contributed by atoms with Gasteiger partial charge in [0.15, 0.2) is 0 Å². The Morgan fingerprint density at radius 3 is 2.42 bits per heavy atom. The van der Waals surface area contributed by atoms with Crippen molar-refractivity contribution in [2.75, 3.05) is 0 Å². The van der Waals surface area contributed by atoms with Gasteiger partial charge in [0.2, 0.25) is 0 Å². The first kappa shape index (κ1) is 10.6. The summed E-state index contributed by atoms with van der Waals surface area (Å²) in [6.07, 6.45) is 0.157. The zero-order valence-corrected chi connectivity index (χ0v) is 9.57. The number of allylic oxidation sites excluding steroid dienone is 4. The second-order valence-electron chi connectivity index (χ2n) is 2.46. The van der Waals surface area contributed by atoms with E-state index in [0.29, 0.717) is 6.42 Å². The first-order valence-electron chi connectivity index (χ1n) is 3.16. The predicted molar refractivity (Wildman–Crippen MR) is 53.6 cm³/mol. The van der Waals surface area contributed by atoms with Crippen LogP contribution in [0, 0.1) is 0 Å². The van der Waals surface area contributed by atoms with Gasteiger partial charge in [0.05, 0.1) is 7.90 Å². The molecule has 1 atom stereocenters. The van der Waals surface area contributed by atoms with Crippen LogP contribution in [-0.2, 0) is 0 Å². The van der Waals surface area contributed by atoms with Crippen LogP contribution in [0.1, 0.15) is 6.42 Å². The van der Waals surface area contributed by atoms with Crippen LogP contribution in [0.5, 0.6) is 0 Å². The molecule has 0 aromatic carbocycles. The maximum atomic E-state index is 12.1. The zero-order valence-electron chi connectivity index (χ0n) is 5.83. The Labute approximate surface area is 90.2 Å². The van der Waals surface area contributed by atoms with E-state index in [1.165, 1.54) is 12.2 Å². The highest BCUT2D eigenvalue weighted by molar-refractivity contribution is 14.1. The molecular weight excluding hydrogens is 348 g/mol. The lowest BCUT2D eigenvalue weighted by Gasteiger charge is -2.20. The van der Waals surface area contributed by atoms with E-state index < -0.39 is 14.1 Å². The molecule has 1 aliphatic rings. The van der Waals surface area contributed by atoms with Gasteiger partial charge in [-0.25, -0.2) is 0 Å². The normalized spacial score (nSPS) is 30.2. The molecule has 12 heavy (non-hydrogen) atoms. The van der Waals surface area contributed by atoms with E-state index in [1.807, 2.05) is 22.6 Å². The van der Waals surface area contributed by atoms with E-state index in [2.05, 4.69) is 15.9 Å². The molecule has 0 amide bonds. The summed E-state index contributed by atoms with van der Waals surface area (Å²) in [5.74, 6) is 0. The molecule has 0 nitrogen and oxygen atoms in total. The monoisotopic (exact) mass is 352 g/mol. The third-order valence-corrected chi connectivity index (χ3v) is 2.69. The molecule has 0 N–H and O–H groups in total. The molecule has 0 bridgehead atoms. The molecule has 0 fully saturated rings. The van der Waals surface area contributed by atoms with Gasteiger partial charge in [-0.15, -0.1) is 0 Å². The zero-order chi connectivity index (χ0) is 9.41. The lowest BCUT2D eigenvalue weighted by Crippen LogP contribution is -2.18. The van der Waals surface area contributed by atoms with Gasteiger partial charge in [0.25, 0.3) is 0 Å². The fourth-order valence-corrected chi connectivity index (χ4v) is 1.88. The Morgan fingerprint density at radius 2 is 2.08 bits per heavy atom. The van der Waals surface area contributed by atoms with Crippen LogP contribution in [0.3, 0.4) is 0 Å². The molecular formula is C7H5BrF3I. The Bertz CT molecular complexity index is 236. The van der Waals surface area contributed by atoms with Crippen LogP contribution in [-0.4, -0.2) is 8.51 Å². The van der Waals surface area contributed by atoms with Crippen LogP contribution >= 0.6 is 38.5 Å². The van der Waals surface area contributed by atoms with Crippen LogP contribution in [0.4, 0.5) is 13.2 Å². The van der Waals surface area contributed by atoms with Crippen molar-refractivity contribution in [3.63, 3.8) is 0 Å². The molecule has 1 aliphatic carbocycles. The quantitative estimate of drug-likeness (QED) is 0.457. The molecule has 0 aromatic rings. The summed E-state index contributed by atoms with van der Waals surface area (Å²) < 4.78 is 35.8. The molecule has 0 aliphatic heterocycles. The first-order chi connectivity index (χ1) is 5.31. The first-order valence-corrected chi connectivity index (χ1v) is 5.03. The van der Waals surface area contributed by atoms with Crippen LogP contribution in [0.25, 0.3) is 0 Å². The maximum Gasteiger partial charge on any atom is 0.416 e. The second kappa shape index (κ2) is 3.32. The van der Waals surface area contributed by atoms with Crippen molar-refractivity contribution < 1.29 is 13.2 Å². The van der Waals surface area contributed by atoms with Crippen molar-refractivity contribution in [1.29, 1.82) is 0 Å². The second-order valence-corrected chi connectivity index (χ2v) is 7.29. The third kappa shape index (κ3) is 2.76. The van der Waals surface area contributed by atoms with Crippen molar-refractivity contribution >= 4 is 38.5 Å². The molecule has 1 rings (SSSR count). The van der Waals surface area contributed by atoms with Crippen LogP contribution in [0.15, 0.2) is 23.8 Å². The van der Waals surface area contributed by atoms with Crippen molar-refractivity contribution in [2.24, 2.45) is 0 Å². The van der Waals surface area contributed by atoms with Gasteiger partial charge < -0.3 is 0 Å². The number of hydrogen-bond donors (Lipinski definition) is 0. The molecule has 0 heterocycles. The molecule has 0 spiro atoms. The summed E-state index contributed by atoms with van der Waals surface area (Å²) in [4.78, 5) is 0. The van der Waals surface area contributed by atoms with Crippen molar-refractivity contribution in [3.8, 4) is 0 Å². The van der Waals surface area contributed by atoms with Crippen molar-refractivity contribution in [3.05, 3.63) is 23.8 Å². The molecule has 5 heteroatoms. The average Bonchev–Trinajstić information content (AvgIpc) is 1.83. The highest BCUT2D eigenvalue weighted by atomic mass is 127. The van der Waals surface area contributed by atoms with Crippen molar-refractivity contribution in [2.45, 2.75) is 14.9 Å². The topological polar surface area (TPSA) is 0 Å². The van der Waals surface area contributed by atoms with Crippen LogP contribution in [0.2, 0.25) is 0 Å². The predicted octanol–water partition coefficient (Wildman–Crippen LogP) is 3.96. The Morgan fingerprint density at radius 1 is 1.50 bits per heavy atom. The van der Waals surface area contributed by atoms with Gasteiger partial charge in [-0.05, 0) is 12.5 Å². The molecule has 0 radical (unpaired) electrons. The summed E-state index contributed by atoms with van der Waals surface area (Å²) in [6.45, 7) is 0. The fourth-order valence-electron chi connectivity index (χ4n) is 0.854. The van der Waals surface area contributed by atoms with Gasteiger partial charge in [-0.3, -0.25) is 0 Å². The summed E-state index contributed by atoms with van der Waals surface area (Å²) >= 11 is 5.12. The lowest BCUT2D eigenvalue weighted by molar-refractivity contribution is -0.0886. The Hall–Kier alpha value is 0.480. The number of rotatable bonds is 0. The molecule has 1 unspecified atom stereocenters. The van der Waals surface area contributed by atoms with E-state index in [0.717, 1.165) is 6.08 Å². The largest absolute Gasteiger partial charge is 0.416 e. The minimum atomic E-state index is -4.24. The van der Waals surface area contributed by atoms with E-state index in [-0.39, 0.29) is 0 Å². The highest BCUT2D eigenvalue weighted by Gasteiger charge is 2.36. The van der Waals surface area contributed by atoms with Gasteiger partial charge in [-0.2, -0.15) is 13.2 Å². The van der Waals surface area contributed by atoms with Crippen molar-refractivity contribution in [1.82, 2.24) is 0 Å². The SMILES string of the molecule is FC(F)(F)C1=CC(Br)(I)CC=C1. The number of hydrogen-bond acceptors (Lipinski definition) is 0. The standard InChI is InChI=1S/C7H5BrF3I/c8-6(12)3-1-2-5(4-6)7(9,10)11/h1-2,4H,3H2. The van der Waals surface area contributed by atoms with Crippen LogP contribution < -0.4 is 0 Å². The minimum absolute atomic E-state index is 0.577. The number of alkyl halides is 5. The van der Waals surface area contributed by atoms with E-state index in [9.17, 15) is 13.2 Å². The number of halogens is 5. The van der Waals surface area contributed by atoms with Gasteiger partial charge in [-0.1, -0.05) is 50.7 Å². The van der Waals surface area contributed by atoms with Gasteiger partial charge >= 0.3 is 6.18 Å². The minimum Gasteiger partial charge on any atom is -0.166 e. The van der Waals surface area contributed by atoms with Gasteiger partial charge in [0, 0.05) is 0 Å². The van der Waals surface area contributed by atoms with E-state index >= 15 is 0 Å². The molecule has 68 valence electrons. The summed E-state index contributed by atoms with van der Waals surface area (Å²) in [6, 6.07) is 0. The Kier molecular flexibility index (Phi) is 2.92. The Balaban J connectivity index is 2.92. The summed E-state index contributed by atoms with van der Waals surface area (Å²) in [5, 5.41) is 0. The van der Waals surface area contributed by atoms with Gasteiger partial charge in [0.1, 0.15) is 0 Å². The third-order valence-electron chi connectivity index (χ3n) is 1.38. The summed E-state index contributed by atoms with van der Waals surface area (Å²) in [5.41, 5.74) is -0.583. The maximum absolute atomic E-state index is 12.1. The summed E-state index contributed by atoms with van der Waals surface area (Å²) in [7, 11) is 0. The molecule has 0 aromatic heterocycles. The molecule has 0 saturated carbocycles. The fraction of sp³-hybridized carbons (Fsp3) is 0.429. The smallest absolute Gasteiger partial charge is 0.166 e. The van der Waals surface area contributed by atoms with E-state index in [1.54, 1.807) is 0 Å². The molecule has 0 saturated heterocycles. The average molecular weight is 353 g/mol.